The lowest BCUT2D eigenvalue weighted by Crippen LogP contribution is -2.26. The van der Waals surface area contributed by atoms with Crippen LogP contribution < -0.4 is 0 Å². The Morgan fingerprint density at radius 3 is 2.53 bits per heavy atom. The summed E-state index contributed by atoms with van der Waals surface area (Å²) in [7, 11) is 0. The molecule has 0 aliphatic carbocycles. The number of aromatic nitrogens is 1. The number of nitrogens with zero attached hydrogens (tertiary/aromatic N) is 1. The molecule has 2 atom stereocenters. The molecule has 1 aromatic rings. The van der Waals surface area contributed by atoms with Crippen LogP contribution in [0, 0.1) is 13.8 Å². The molecule has 0 spiro atoms. The third kappa shape index (κ3) is 2.53. The highest BCUT2D eigenvalue weighted by Crippen LogP contribution is 2.22. The van der Waals surface area contributed by atoms with Gasteiger partial charge in [0.25, 0.3) is 0 Å². The van der Waals surface area contributed by atoms with Crippen LogP contribution in [0.4, 0.5) is 0 Å². The maximum absolute atomic E-state index is 10.6. The largest absolute Gasteiger partial charge is 0.479 e. The molecule has 0 aliphatic rings. The summed E-state index contributed by atoms with van der Waals surface area (Å²) in [6.07, 6.45) is 0.245. The highest BCUT2D eigenvalue weighted by molar-refractivity contribution is 5.73. The summed E-state index contributed by atoms with van der Waals surface area (Å²) in [6.45, 7) is 5.43. The second kappa shape index (κ2) is 4.40. The number of carboxylic acid groups (broad SMARTS) is 1. The Labute approximate surface area is 88.6 Å². The summed E-state index contributed by atoms with van der Waals surface area (Å²) in [5.41, 5.74) is 2.61. The summed E-state index contributed by atoms with van der Waals surface area (Å²) in [6, 6.07) is 1.88. The van der Waals surface area contributed by atoms with Crippen LogP contribution in [-0.2, 0) is 4.79 Å². The summed E-state index contributed by atoms with van der Waals surface area (Å²) in [5.74, 6) is -1.65. The van der Waals surface area contributed by atoms with Crippen LogP contribution in [-0.4, -0.2) is 27.3 Å². The summed E-state index contributed by atoms with van der Waals surface area (Å²) in [5, 5.41) is 18.1. The first-order valence-corrected chi connectivity index (χ1v) is 4.77. The second-order valence-corrected chi connectivity index (χ2v) is 3.75. The summed E-state index contributed by atoms with van der Waals surface area (Å²) < 4.78 is 0. The van der Waals surface area contributed by atoms with E-state index in [0.717, 1.165) is 16.8 Å². The molecule has 4 nitrogen and oxygen atoms in total. The molecular weight excluding hydrogens is 194 g/mol. The fourth-order valence-electron chi connectivity index (χ4n) is 1.57. The van der Waals surface area contributed by atoms with E-state index in [-0.39, 0.29) is 0 Å². The molecule has 1 aromatic heterocycles. The normalized spacial score (nSPS) is 14.7. The molecule has 0 bridgehead atoms. The summed E-state index contributed by atoms with van der Waals surface area (Å²) >= 11 is 0. The van der Waals surface area contributed by atoms with Crippen molar-refractivity contribution in [2.45, 2.75) is 32.8 Å². The van der Waals surface area contributed by atoms with Crippen molar-refractivity contribution in [3.63, 3.8) is 0 Å². The Hall–Kier alpha value is -1.42. The van der Waals surface area contributed by atoms with Gasteiger partial charge >= 0.3 is 5.97 Å². The average molecular weight is 209 g/mol. The SMILES string of the molecule is Cc1cc(C)c(C(C)C(O)C(=O)O)cn1. The number of aliphatic hydroxyl groups excluding tert-OH is 1. The van der Waals surface area contributed by atoms with Gasteiger partial charge < -0.3 is 10.2 Å². The van der Waals surface area contributed by atoms with E-state index in [0.29, 0.717) is 0 Å². The lowest BCUT2D eigenvalue weighted by Gasteiger charge is -2.17. The fraction of sp³-hybridized carbons (Fsp3) is 0.455. The van der Waals surface area contributed by atoms with E-state index in [9.17, 15) is 9.90 Å². The molecule has 0 saturated carbocycles. The monoisotopic (exact) mass is 209 g/mol. The van der Waals surface area contributed by atoms with Crippen molar-refractivity contribution in [2.24, 2.45) is 0 Å². The number of pyridine rings is 1. The van der Waals surface area contributed by atoms with Crippen LogP contribution in [0.5, 0.6) is 0 Å². The number of aliphatic carboxylic acids is 1. The smallest absolute Gasteiger partial charge is 0.333 e. The number of aliphatic hydroxyl groups is 1. The molecule has 0 fully saturated rings. The zero-order valence-corrected chi connectivity index (χ0v) is 9.06. The minimum absolute atomic E-state index is 0.449. The van der Waals surface area contributed by atoms with E-state index in [2.05, 4.69) is 4.98 Å². The van der Waals surface area contributed by atoms with Crippen molar-refractivity contribution in [3.05, 3.63) is 29.1 Å². The van der Waals surface area contributed by atoms with Crippen LogP contribution in [0.15, 0.2) is 12.3 Å². The quantitative estimate of drug-likeness (QED) is 0.786. The van der Waals surface area contributed by atoms with E-state index in [1.54, 1.807) is 13.1 Å². The third-order valence-electron chi connectivity index (χ3n) is 2.51. The Bertz CT molecular complexity index is 376. The minimum Gasteiger partial charge on any atom is -0.479 e. The van der Waals surface area contributed by atoms with Gasteiger partial charge in [0.05, 0.1) is 0 Å². The Balaban J connectivity index is 3.01. The van der Waals surface area contributed by atoms with Crippen molar-refractivity contribution in [1.29, 1.82) is 0 Å². The van der Waals surface area contributed by atoms with E-state index >= 15 is 0 Å². The molecule has 15 heavy (non-hydrogen) atoms. The predicted molar refractivity (Wildman–Crippen MR) is 55.8 cm³/mol. The molecule has 0 saturated heterocycles. The average Bonchev–Trinajstić information content (AvgIpc) is 2.15. The predicted octanol–water partition coefficient (Wildman–Crippen LogP) is 1.25. The molecule has 2 N–H and O–H groups in total. The van der Waals surface area contributed by atoms with Crippen LogP contribution >= 0.6 is 0 Å². The Kier molecular flexibility index (Phi) is 3.42. The van der Waals surface area contributed by atoms with Gasteiger partial charge in [-0.3, -0.25) is 4.98 Å². The number of aryl methyl sites for hydroxylation is 2. The second-order valence-electron chi connectivity index (χ2n) is 3.75. The Morgan fingerprint density at radius 2 is 2.07 bits per heavy atom. The number of hydrogen-bond donors (Lipinski definition) is 2. The zero-order chi connectivity index (χ0) is 11.6. The third-order valence-corrected chi connectivity index (χ3v) is 2.51. The number of carboxylic acids is 1. The van der Waals surface area contributed by atoms with Crippen molar-refractivity contribution < 1.29 is 15.0 Å². The lowest BCUT2D eigenvalue weighted by molar-refractivity contribution is -0.147. The van der Waals surface area contributed by atoms with Crippen molar-refractivity contribution in [1.82, 2.24) is 4.98 Å². The molecule has 82 valence electrons. The highest BCUT2D eigenvalue weighted by atomic mass is 16.4. The Morgan fingerprint density at radius 1 is 1.47 bits per heavy atom. The molecule has 0 amide bonds. The standard InChI is InChI=1S/C11H15NO3/c1-6-4-7(2)12-5-9(6)8(3)10(13)11(14)15/h4-5,8,10,13H,1-3H3,(H,14,15). The van der Waals surface area contributed by atoms with Crippen molar-refractivity contribution in [2.75, 3.05) is 0 Å². The number of hydrogen-bond acceptors (Lipinski definition) is 3. The van der Waals surface area contributed by atoms with Gasteiger partial charge in [-0.05, 0) is 31.0 Å². The van der Waals surface area contributed by atoms with Gasteiger partial charge in [-0.1, -0.05) is 6.92 Å². The molecule has 2 unspecified atom stereocenters. The maximum atomic E-state index is 10.6. The first-order valence-electron chi connectivity index (χ1n) is 4.77. The molecule has 4 heteroatoms. The molecule has 0 aromatic carbocycles. The van der Waals surface area contributed by atoms with E-state index < -0.39 is 18.0 Å². The van der Waals surface area contributed by atoms with Crippen molar-refractivity contribution in [3.8, 4) is 0 Å². The first kappa shape index (κ1) is 11.7. The van der Waals surface area contributed by atoms with E-state index in [1.165, 1.54) is 0 Å². The van der Waals surface area contributed by atoms with E-state index in [4.69, 9.17) is 5.11 Å². The molecule has 1 heterocycles. The van der Waals surface area contributed by atoms with Crippen LogP contribution in [0.25, 0.3) is 0 Å². The van der Waals surface area contributed by atoms with Gasteiger partial charge in [0, 0.05) is 17.8 Å². The van der Waals surface area contributed by atoms with Gasteiger partial charge in [0.2, 0.25) is 0 Å². The van der Waals surface area contributed by atoms with Crippen LogP contribution in [0.1, 0.15) is 29.7 Å². The number of carbonyl (C=O) groups is 1. The van der Waals surface area contributed by atoms with Crippen LogP contribution in [0.3, 0.4) is 0 Å². The minimum atomic E-state index is -1.38. The van der Waals surface area contributed by atoms with E-state index in [1.807, 2.05) is 19.9 Å². The summed E-state index contributed by atoms with van der Waals surface area (Å²) in [4.78, 5) is 14.7. The lowest BCUT2D eigenvalue weighted by atomic mass is 9.93. The van der Waals surface area contributed by atoms with Crippen LogP contribution in [0.2, 0.25) is 0 Å². The van der Waals surface area contributed by atoms with Gasteiger partial charge in [-0.25, -0.2) is 4.79 Å². The maximum Gasteiger partial charge on any atom is 0.333 e. The molecule has 0 aliphatic heterocycles. The number of rotatable bonds is 3. The van der Waals surface area contributed by atoms with Crippen molar-refractivity contribution >= 4 is 5.97 Å². The van der Waals surface area contributed by atoms with Gasteiger partial charge in [0.1, 0.15) is 0 Å². The topological polar surface area (TPSA) is 70.4 Å². The highest BCUT2D eigenvalue weighted by Gasteiger charge is 2.24. The first-order chi connectivity index (χ1) is 6.93. The van der Waals surface area contributed by atoms with Gasteiger partial charge in [-0.15, -0.1) is 0 Å². The molecule has 1 rings (SSSR count). The van der Waals surface area contributed by atoms with Gasteiger partial charge in [0.15, 0.2) is 6.10 Å². The van der Waals surface area contributed by atoms with Gasteiger partial charge in [-0.2, -0.15) is 0 Å². The molecular formula is C11H15NO3. The zero-order valence-electron chi connectivity index (χ0n) is 9.06. The molecule has 0 radical (unpaired) electrons. The fourth-order valence-corrected chi connectivity index (χ4v) is 1.57.